The molecule has 0 saturated heterocycles. The van der Waals surface area contributed by atoms with Crippen LogP contribution in [0, 0.1) is 0 Å². The van der Waals surface area contributed by atoms with Crippen LogP contribution in [0.1, 0.15) is 39.5 Å². The van der Waals surface area contributed by atoms with Crippen molar-refractivity contribution in [3.8, 4) is 0 Å². The van der Waals surface area contributed by atoms with E-state index < -0.39 is 7.92 Å². The number of unbranched alkanes of at least 4 members (excludes halogenated alkanes) is 2. The van der Waals surface area contributed by atoms with Gasteiger partial charge in [0.05, 0.1) is 7.11 Å². The Morgan fingerprint density at radius 1 is 1.15 bits per heavy atom. The van der Waals surface area contributed by atoms with Crippen LogP contribution >= 0.6 is 7.92 Å². The first kappa shape index (κ1) is 12.9. The minimum atomic E-state index is -0.495. The Morgan fingerprint density at radius 3 is 1.92 bits per heavy atom. The number of carbonyl (C=O) groups excluding carboxylic acids is 1. The van der Waals surface area contributed by atoms with E-state index in [9.17, 15) is 4.79 Å². The molecule has 0 N–H and O–H groups in total. The zero-order chi connectivity index (χ0) is 10.1. The lowest BCUT2D eigenvalue weighted by atomic mass is 10.4. The van der Waals surface area contributed by atoms with Gasteiger partial charge in [0.25, 0.3) is 0 Å². The fourth-order valence-electron chi connectivity index (χ4n) is 1.12. The van der Waals surface area contributed by atoms with E-state index in [0.29, 0.717) is 0 Å². The summed E-state index contributed by atoms with van der Waals surface area (Å²) in [6.07, 6.45) is 6.76. The molecule has 0 fully saturated rings. The quantitative estimate of drug-likeness (QED) is 0.589. The summed E-state index contributed by atoms with van der Waals surface area (Å²) in [5.41, 5.74) is 0.0388. The first-order valence-corrected chi connectivity index (χ1v) is 6.80. The molecule has 0 spiro atoms. The van der Waals surface area contributed by atoms with Gasteiger partial charge in [0.1, 0.15) is 0 Å². The number of hydrogen-bond donors (Lipinski definition) is 0. The Kier molecular flexibility index (Phi) is 8.43. The van der Waals surface area contributed by atoms with Crippen molar-refractivity contribution in [2.24, 2.45) is 0 Å². The molecule has 78 valence electrons. The van der Waals surface area contributed by atoms with Crippen LogP contribution < -0.4 is 0 Å². The van der Waals surface area contributed by atoms with Gasteiger partial charge in [0.2, 0.25) is 0 Å². The Bertz CT molecular complexity index is 129. The van der Waals surface area contributed by atoms with Crippen molar-refractivity contribution in [1.82, 2.24) is 0 Å². The van der Waals surface area contributed by atoms with Gasteiger partial charge in [-0.2, -0.15) is 0 Å². The van der Waals surface area contributed by atoms with E-state index in [0.717, 1.165) is 25.2 Å². The van der Waals surface area contributed by atoms with E-state index in [-0.39, 0.29) is 5.71 Å². The standard InChI is InChI=1S/C10H21O2P/c1-4-6-8-13(9-7-5-2)10(11)12-3/h4-9H2,1-3H3. The van der Waals surface area contributed by atoms with Gasteiger partial charge in [0, 0.05) is 7.92 Å². The molecule has 0 rings (SSSR count). The first-order chi connectivity index (χ1) is 6.26. The van der Waals surface area contributed by atoms with Gasteiger partial charge in [-0.05, 0) is 25.2 Å². The molecular weight excluding hydrogens is 183 g/mol. The molecule has 0 aliphatic heterocycles. The maximum Gasteiger partial charge on any atom is 0.325 e. The van der Waals surface area contributed by atoms with Crippen LogP contribution in [-0.4, -0.2) is 25.1 Å². The Balaban J connectivity index is 3.79. The molecule has 0 atom stereocenters. The lowest BCUT2D eigenvalue weighted by Crippen LogP contribution is -2.02. The molecule has 0 heterocycles. The SMILES string of the molecule is CCCCP(CCCC)C(=O)OC. The third-order valence-electron chi connectivity index (χ3n) is 2.00. The summed E-state index contributed by atoms with van der Waals surface area (Å²) in [5.74, 6) is 0. The molecule has 2 nitrogen and oxygen atoms in total. The van der Waals surface area contributed by atoms with Crippen LogP contribution in [0.2, 0.25) is 0 Å². The minimum absolute atomic E-state index is 0.0388. The number of rotatable bonds is 7. The first-order valence-electron chi connectivity index (χ1n) is 5.09. The van der Waals surface area contributed by atoms with Crippen molar-refractivity contribution < 1.29 is 9.53 Å². The van der Waals surface area contributed by atoms with Gasteiger partial charge >= 0.3 is 5.71 Å². The maximum atomic E-state index is 11.3. The predicted octanol–water partition coefficient (Wildman–Crippen LogP) is 3.83. The molecule has 0 aromatic carbocycles. The fourth-order valence-corrected chi connectivity index (χ4v) is 3.36. The largest absolute Gasteiger partial charge is 0.466 e. The molecule has 0 radical (unpaired) electrons. The van der Waals surface area contributed by atoms with Gasteiger partial charge in [-0.3, -0.25) is 0 Å². The molecule has 0 bridgehead atoms. The second kappa shape index (κ2) is 8.50. The van der Waals surface area contributed by atoms with Crippen LogP contribution in [0.5, 0.6) is 0 Å². The Morgan fingerprint density at radius 2 is 1.62 bits per heavy atom. The number of methoxy groups -OCH3 is 1. The lowest BCUT2D eigenvalue weighted by Gasteiger charge is -2.13. The second-order valence-electron chi connectivity index (χ2n) is 3.16. The summed E-state index contributed by atoms with van der Waals surface area (Å²) >= 11 is 0. The maximum absolute atomic E-state index is 11.3. The highest BCUT2D eigenvalue weighted by atomic mass is 31.1. The highest BCUT2D eigenvalue weighted by Gasteiger charge is 2.16. The van der Waals surface area contributed by atoms with Crippen LogP contribution in [-0.2, 0) is 4.74 Å². The van der Waals surface area contributed by atoms with Crippen LogP contribution in [0.4, 0.5) is 4.79 Å². The van der Waals surface area contributed by atoms with E-state index in [1.165, 1.54) is 20.0 Å². The molecular formula is C10H21O2P. The number of ether oxygens (including phenoxy) is 1. The van der Waals surface area contributed by atoms with Crippen LogP contribution in [0.3, 0.4) is 0 Å². The molecule has 0 aromatic rings. The van der Waals surface area contributed by atoms with Crippen molar-refractivity contribution >= 4 is 13.6 Å². The molecule has 0 aliphatic rings. The van der Waals surface area contributed by atoms with E-state index in [1.807, 2.05) is 0 Å². The molecule has 0 aliphatic carbocycles. The Hall–Kier alpha value is -0.100. The summed E-state index contributed by atoms with van der Waals surface area (Å²) in [7, 11) is 1.00. The van der Waals surface area contributed by atoms with E-state index in [2.05, 4.69) is 13.8 Å². The summed E-state index contributed by atoms with van der Waals surface area (Å²) in [6, 6.07) is 0. The molecule has 0 amide bonds. The summed E-state index contributed by atoms with van der Waals surface area (Å²) in [6.45, 7) is 4.31. The molecule has 3 heteroatoms. The summed E-state index contributed by atoms with van der Waals surface area (Å²) in [4.78, 5) is 11.3. The predicted molar refractivity (Wildman–Crippen MR) is 58.9 cm³/mol. The number of carbonyl (C=O) groups is 1. The summed E-state index contributed by atoms with van der Waals surface area (Å²) in [5, 5.41) is 0. The highest BCUT2D eigenvalue weighted by Crippen LogP contribution is 2.39. The smallest absolute Gasteiger partial charge is 0.325 e. The van der Waals surface area contributed by atoms with Crippen molar-refractivity contribution in [3.63, 3.8) is 0 Å². The van der Waals surface area contributed by atoms with Crippen molar-refractivity contribution in [2.75, 3.05) is 19.4 Å². The van der Waals surface area contributed by atoms with E-state index >= 15 is 0 Å². The monoisotopic (exact) mass is 204 g/mol. The number of hydrogen-bond acceptors (Lipinski definition) is 2. The normalized spacial score (nSPS) is 10.5. The van der Waals surface area contributed by atoms with Gasteiger partial charge in [-0.15, -0.1) is 0 Å². The third kappa shape index (κ3) is 6.04. The van der Waals surface area contributed by atoms with Crippen molar-refractivity contribution in [3.05, 3.63) is 0 Å². The van der Waals surface area contributed by atoms with Crippen LogP contribution in [0.15, 0.2) is 0 Å². The second-order valence-corrected chi connectivity index (χ2v) is 5.50. The zero-order valence-electron chi connectivity index (χ0n) is 9.01. The molecule has 13 heavy (non-hydrogen) atoms. The molecule has 0 unspecified atom stereocenters. The molecule has 0 saturated carbocycles. The lowest BCUT2D eigenvalue weighted by molar-refractivity contribution is 0.199. The summed E-state index contributed by atoms with van der Waals surface area (Å²) < 4.78 is 4.80. The van der Waals surface area contributed by atoms with Gasteiger partial charge in [-0.25, -0.2) is 4.79 Å². The van der Waals surface area contributed by atoms with Crippen LogP contribution in [0.25, 0.3) is 0 Å². The third-order valence-corrected chi connectivity index (χ3v) is 4.41. The average molecular weight is 204 g/mol. The van der Waals surface area contributed by atoms with Crippen molar-refractivity contribution in [1.29, 1.82) is 0 Å². The topological polar surface area (TPSA) is 26.3 Å². The molecule has 0 aromatic heterocycles. The van der Waals surface area contributed by atoms with Gasteiger partial charge in [0.15, 0.2) is 0 Å². The van der Waals surface area contributed by atoms with Gasteiger partial charge in [-0.1, -0.05) is 26.7 Å². The zero-order valence-corrected chi connectivity index (χ0v) is 9.90. The highest BCUT2D eigenvalue weighted by molar-refractivity contribution is 7.74. The minimum Gasteiger partial charge on any atom is -0.466 e. The van der Waals surface area contributed by atoms with E-state index in [4.69, 9.17) is 4.74 Å². The van der Waals surface area contributed by atoms with E-state index in [1.54, 1.807) is 0 Å². The average Bonchev–Trinajstić information content (AvgIpc) is 2.17. The van der Waals surface area contributed by atoms with Crippen molar-refractivity contribution in [2.45, 2.75) is 39.5 Å². The van der Waals surface area contributed by atoms with Gasteiger partial charge < -0.3 is 4.74 Å². The Labute approximate surface area is 82.8 Å². The fraction of sp³-hybridized carbons (Fsp3) is 0.900.